The van der Waals surface area contributed by atoms with Crippen molar-refractivity contribution in [1.29, 1.82) is 0 Å². The minimum Gasteiger partial charge on any atom is -0.352 e. The zero-order valence-electron chi connectivity index (χ0n) is 14.5. The molecule has 2 aromatic heterocycles. The molecule has 1 aliphatic heterocycles. The van der Waals surface area contributed by atoms with Crippen molar-refractivity contribution in [3.8, 4) is 11.1 Å². The van der Waals surface area contributed by atoms with Crippen LogP contribution in [0.5, 0.6) is 0 Å². The molecule has 1 fully saturated rings. The van der Waals surface area contributed by atoms with Crippen LogP contribution in [-0.2, 0) is 0 Å². The first kappa shape index (κ1) is 16.0. The monoisotopic (exact) mass is 342 g/mol. The number of fused-ring (bicyclic) bond motifs is 1. The zero-order valence-corrected chi connectivity index (χ0v) is 14.5. The molecule has 0 spiro atoms. The number of halogens is 2. The number of hydrogen-bond donors (Lipinski definition) is 0. The second kappa shape index (κ2) is 5.79. The van der Waals surface area contributed by atoms with E-state index in [4.69, 9.17) is 0 Å². The summed E-state index contributed by atoms with van der Waals surface area (Å²) in [6.07, 6.45) is 5.55. The molecule has 4 rings (SSSR count). The van der Waals surface area contributed by atoms with Gasteiger partial charge in [0, 0.05) is 24.5 Å². The largest absolute Gasteiger partial charge is 0.352 e. The van der Waals surface area contributed by atoms with Crippen molar-refractivity contribution in [2.45, 2.75) is 45.7 Å². The van der Waals surface area contributed by atoms with Crippen molar-refractivity contribution in [2.24, 2.45) is 0 Å². The van der Waals surface area contributed by atoms with Crippen LogP contribution in [0.4, 0.5) is 14.6 Å². The van der Waals surface area contributed by atoms with Crippen molar-refractivity contribution in [2.75, 3.05) is 4.90 Å². The number of aromatic nitrogens is 3. The Morgan fingerprint density at radius 1 is 1.04 bits per heavy atom. The first-order valence-corrected chi connectivity index (χ1v) is 8.55. The maximum atomic E-state index is 14.6. The molecule has 25 heavy (non-hydrogen) atoms. The average molecular weight is 342 g/mol. The highest BCUT2D eigenvalue weighted by Crippen LogP contribution is 2.41. The zero-order chi connectivity index (χ0) is 17.7. The van der Waals surface area contributed by atoms with Crippen LogP contribution in [-0.4, -0.2) is 26.5 Å². The van der Waals surface area contributed by atoms with Gasteiger partial charge in [-0.15, -0.1) is 0 Å². The Balaban J connectivity index is 2.11. The number of anilines is 1. The average Bonchev–Trinajstić information content (AvgIpc) is 3.14. The van der Waals surface area contributed by atoms with Gasteiger partial charge in [-0.3, -0.25) is 4.40 Å². The Labute approximate surface area is 145 Å². The van der Waals surface area contributed by atoms with E-state index in [1.54, 1.807) is 19.3 Å². The molecule has 3 heterocycles. The summed E-state index contributed by atoms with van der Waals surface area (Å²) in [5.74, 6) is 0.149. The van der Waals surface area contributed by atoms with E-state index >= 15 is 0 Å². The van der Waals surface area contributed by atoms with Gasteiger partial charge in [-0.05, 0) is 45.7 Å². The number of hydrogen-bond acceptors (Lipinski definition) is 3. The summed E-state index contributed by atoms with van der Waals surface area (Å²) in [7, 11) is 0. The van der Waals surface area contributed by atoms with Crippen LogP contribution in [0.1, 0.15) is 32.4 Å². The van der Waals surface area contributed by atoms with Gasteiger partial charge in [0.25, 0.3) is 0 Å². The topological polar surface area (TPSA) is 33.4 Å². The van der Waals surface area contributed by atoms with Gasteiger partial charge in [0.2, 0.25) is 5.78 Å². The van der Waals surface area contributed by atoms with E-state index in [2.05, 4.69) is 28.7 Å². The minimum absolute atomic E-state index is 0.0237. The van der Waals surface area contributed by atoms with Crippen LogP contribution >= 0.6 is 0 Å². The first-order valence-electron chi connectivity index (χ1n) is 8.55. The highest BCUT2D eigenvalue weighted by Gasteiger charge is 2.33. The van der Waals surface area contributed by atoms with E-state index < -0.39 is 11.6 Å². The summed E-state index contributed by atoms with van der Waals surface area (Å²) in [5, 5.41) is 0. The molecular weight excluding hydrogens is 322 g/mol. The Morgan fingerprint density at radius 3 is 2.32 bits per heavy atom. The van der Waals surface area contributed by atoms with Crippen molar-refractivity contribution in [3.05, 3.63) is 47.9 Å². The number of rotatable bonds is 2. The number of benzene rings is 1. The van der Waals surface area contributed by atoms with Gasteiger partial charge < -0.3 is 4.90 Å². The number of nitrogens with zero attached hydrogens (tertiary/aromatic N) is 4. The van der Waals surface area contributed by atoms with Gasteiger partial charge in [-0.25, -0.2) is 18.7 Å². The SMILES string of the molecule is Cc1nc2nccn2c(N2C(C)CCC2C)c1-c1c(F)cccc1F. The van der Waals surface area contributed by atoms with Crippen molar-refractivity contribution in [3.63, 3.8) is 0 Å². The summed E-state index contributed by atoms with van der Waals surface area (Å²) in [4.78, 5) is 11.0. The Bertz CT molecular complexity index is 920. The van der Waals surface area contributed by atoms with Crippen molar-refractivity contribution < 1.29 is 8.78 Å². The fourth-order valence-electron chi connectivity index (χ4n) is 3.93. The third kappa shape index (κ3) is 2.39. The maximum Gasteiger partial charge on any atom is 0.235 e. The van der Waals surface area contributed by atoms with E-state index in [0.717, 1.165) is 18.7 Å². The van der Waals surface area contributed by atoms with Gasteiger partial charge in [-0.1, -0.05) is 6.07 Å². The number of aryl methyl sites for hydroxylation is 1. The van der Waals surface area contributed by atoms with Crippen molar-refractivity contribution in [1.82, 2.24) is 14.4 Å². The summed E-state index contributed by atoms with van der Waals surface area (Å²) in [6, 6.07) is 4.51. The number of imidazole rings is 1. The van der Waals surface area contributed by atoms with E-state index in [-0.39, 0.29) is 17.6 Å². The van der Waals surface area contributed by atoms with Gasteiger partial charge in [0.15, 0.2) is 0 Å². The van der Waals surface area contributed by atoms with Gasteiger partial charge in [0.1, 0.15) is 17.5 Å². The van der Waals surface area contributed by atoms with Gasteiger partial charge >= 0.3 is 0 Å². The lowest BCUT2D eigenvalue weighted by Gasteiger charge is -2.32. The van der Waals surface area contributed by atoms with E-state index in [1.165, 1.54) is 18.2 Å². The maximum absolute atomic E-state index is 14.6. The highest BCUT2D eigenvalue weighted by molar-refractivity contribution is 5.81. The van der Waals surface area contributed by atoms with E-state index in [9.17, 15) is 8.78 Å². The highest BCUT2D eigenvalue weighted by atomic mass is 19.1. The smallest absolute Gasteiger partial charge is 0.235 e. The molecule has 4 nitrogen and oxygen atoms in total. The van der Waals surface area contributed by atoms with Crippen LogP contribution in [0.2, 0.25) is 0 Å². The molecule has 0 amide bonds. The van der Waals surface area contributed by atoms with Gasteiger partial charge in [-0.2, -0.15) is 0 Å². The fraction of sp³-hybridized carbons (Fsp3) is 0.368. The Kier molecular flexibility index (Phi) is 3.71. The molecule has 130 valence electrons. The molecule has 0 aliphatic carbocycles. The first-order chi connectivity index (χ1) is 12.0. The molecule has 2 atom stereocenters. The summed E-state index contributed by atoms with van der Waals surface area (Å²) in [5.41, 5.74) is 1.05. The molecule has 3 aromatic rings. The predicted molar refractivity (Wildman–Crippen MR) is 93.7 cm³/mol. The van der Waals surface area contributed by atoms with Crippen LogP contribution < -0.4 is 4.90 Å². The molecule has 1 aromatic carbocycles. The summed E-state index contributed by atoms with van der Waals surface area (Å²) < 4.78 is 31.0. The van der Waals surface area contributed by atoms with Crippen LogP contribution in [0.3, 0.4) is 0 Å². The van der Waals surface area contributed by atoms with E-state index in [1.807, 2.05) is 4.40 Å². The van der Waals surface area contributed by atoms with Crippen molar-refractivity contribution >= 4 is 11.6 Å². The predicted octanol–water partition coefficient (Wildman–Crippen LogP) is 4.36. The third-order valence-corrected chi connectivity index (χ3v) is 5.11. The molecule has 0 radical (unpaired) electrons. The summed E-state index contributed by atoms with van der Waals surface area (Å²) >= 11 is 0. The normalized spacial score (nSPS) is 20.6. The van der Waals surface area contributed by atoms with Crippen LogP contribution in [0.15, 0.2) is 30.6 Å². The molecule has 0 bridgehead atoms. The lowest BCUT2D eigenvalue weighted by atomic mass is 10.0. The molecular formula is C19H20F2N4. The van der Waals surface area contributed by atoms with E-state index in [0.29, 0.717) is 17.0 Å². The van der Waals surface area contributed by atoms with Crippen LogP contribution in [0, 0.1) is 18.6 Å². The molecule has 2 unspecified atom stereocenters. The molecule has 0 N–H and O–H groups in total. The standard InChI is InChI=1S/C19H20F2N4/c1-11-7-8-12(2)25(11)18-16(17-14(20)5-4-6-15(17)21)13(3)23-19-22-9-10-24(18)19/h4-6,9-12H,7-8H2,1-3H3. The second-order valence-corrected chi connectivity index (χ2v) is 6.77. The molecule has 1 aliphatic rings. The fourth-order valence-corrected chi connectivity index (χ4v) is 3.93. The molecule has 6 heteroatoms. The lowest BCUT2D eigenvalue weighted by molar-refractivity contribution is 0.588. The lowest BCUT2D eigenvalue weighted by Crippen LogP contribution is -2.35. The minimum atomic E-state index is -0.579. The Morgan fingerprint density at radius 2 is 1.68 bits per heavy atom. The molecule has 0 saturated carbocycles. The van der Waals surface area contributed by atoms with Crippen LogP contribution in [0.25, 0.3) is 16.9 Å². The molecule has 1 saturated heterocycles. The summed E-state index contributed by atoms with van der Waals surface area (Å²) in [6.45, 7) is 6.07. The quantitative estimate of drug-likeness (QED) is 0.694. The second-order valence-electron chi connectivity index (χ2n) is 6.77. The Hall–Kier alpha value is -2.50. The third-order valence-electron chi connectivity index (χ3n) is 5.11. The van der Waals surface area contributed by atoms with Gasteiger partial charge in [0.05, 0.1) is 16.8 Å².